The van der Waals surface area contributed by atoms with Crippen molar-refractivity contribution in [3.05, 3.63) is 10.4 Å². The van der Waals surface area contributed by atoms with Crippen LogP contribution in [-0.4, -0.2) is 0 Å². The molecule has 1 unspecified atom stereocenters. The van der Waals surface area contributed by atoms with Crippen molar-refractivity contribution in [1.82, 2.24) is 0 Å². The van der Waals surface area contributed by atoms with Crippen LogP contribution >= 0.6 is 25.0 Å². The van der Waals surface area contributed by atoms with Crippen molar-refractivity contribution in [3.63, 3.8) is 0 Å². The fourth-order valence-corrected chi connectivity index (χ4v) is 2.89. The standard InChI is InChI=1S/C4H7P3/c1-2-3(5)4-6-7-4/h2,5H2,1H3. The minimum absolute atomic E-state index is 1.21. The second-order valence-corrected chi connectivity index (χ2v) is 4.95. The lowest BCUT2D eigenvalue weighted by Gasteiger charge is -1.85. The molecular formula is C4H7P3. The molecule has 0 radical (unpaired) electrons. The maximum atomic E-state index is 2.78. The SMILES string of the molecule is CCC(P)=C1P=P1. The van der Waals surface area contributed by atoms with Crippen LogP contribution in [-0.2, 0) is 0 Å². The van der Waals surface area contributed by atoms with E-state index in [2.05, 4.69) is 16.2 Å². The number of hydrogen-bond acceptors (Lipinski definition) is 0. The second kappa shape index (κ2) is 2.36. The molecule has 0 saturated carbocycles. The van der Waals surface area contributed by atoms with E-state index in [0.29, 0.717) is 0 Å². The first-order valence-corrected chi connectivity index (χ1v) is 5.32. The van der Waals surface area contributed by atoms with Crippen LogP contribution in [0.3, 0.4) is 0 Å². The summed E-state index contributed by atoms with van der Waals surface area (Å²) >= 11 is 0. The molecule has 38 valence electrons. The highest BCUT2D eigenvalue weighted by atomic mass is 31.8. The molecule has 0 bridgehead atoms. The number of rotatable bonds is 1. The lowest BCUT2D eigenvalue weighted by molar-refractivity contribution is 1.20. The molecule has 0 aromatic carbocycles. The summed E-state index contributed by atoms with van der Waals surface area (Å²) in [6.45, 7) is 2.19. The molecule has 1 atom stereocenters. The van der Waals surface area contributed by atoms with Crippen molar-refractivity contribution < 1.29 is 0 Å². The van der Waals surface area contributed by atoms with Gasteiger partial charge in [0.25, 0.3) is 0 Å². The Bertz CT molecular complexity index is 126. The molecule has 0 aliphatic carbocycles. The van der Waals surface area contributed by atoms with Crippen molar-refractivity contribution in [3.8, 4) is 0 Å². The Morgan fingerprint density at radius 3 is 2.43 bits per heavy atom. The molecule has 1 aliphatic heterocycles. The van der Waals surface area contributed by atoms with Gasteiger partial charge in [-0.05, 0) is 27.5 Å². The summed E-state index contributed by atoms with van der Waals surface area (Å²) < 4.78 is 0. The van der Waals surface area contributed by atoms with Crippen molar-refractivity contribution in [1.29, 1.82) is 0 Å². The lowest BCUT2D eigenvalue weighted by atomic mass is 10.5. The molecule has 0 spiro atoms. The van der Waals surface area contributed by atoms with E-state index in [1.54, 1.807) is 5.06 Å². The van der Waals surface area contributed by atoms with E-state index in [1.807, 2.05) is 0 Å². The minimum atomic E-state index is 1.21. The van der Waals surface area contributed by atoms with Crippen LogP contribution in [0, 0.1) is 0 Å². The fraction of sp³-hybridized carbons (Fsp3) is 0.500. The molecule has 0 amide bonds. The summed E-state index contributed by atoms with van der Waals surface area (Å²) in [5.41, 5.74) is 0. The van der Waals surface area contributed by atoms with E-state index in [9.17, 15) is 0 Å². The van der Waals surface area contributed by atoms with Crippen LogP contribution in [0.2, 0.25) is 0 Å². The van der Waals surface area contributed by atoms with Gasteiger partial charge in [-0.1, -0.05) is 6.92 Å². The minimum Gasteiger partial charge on any atom is -0.109 e. The summed E-state index contributed by atoms with van der Waals surface area (Å²) in [5.74, 6) is 0. The van der Waals surface area contributed by atoms with Gasteiger partial charge in [-0.2, -0.15) is 0 Å². The lowest BCUT2D eigenvalue weighted by Crippen LogP contribution is -1.58. The van der Waals surface area contributed by atoms with Gasteiger partial charge in [0.2, 0.25) is 0 Å². The van der Waals surface area contributed by atoms with Crippen LogP contribution < -0.4 is 0 Å². The summed E-state index contributed by atoms with van der Waals surface area (Å²) in [7, 11) is 5.85. The molecule has 1 heterocycles. The monoisotopic (exact) mass is 148 g/mol. The smallest absolute Gasteiger partial charge is 0.0413 e. The van der Waals surface area contributed by atoms with Gasteiger partial charge in [-0.15, -0.1) is 9.24 Å². The van der Waals surface area contributed by atoms with Crippen LogP contribution in [0.15, 0.2) is 10.4 Å². The number of allylic oxidation sites excluding steroid dienone is 1. The molecule has 0 aromatic heterocycles. The van der Waals surface area contributed by atoms with Crippen molar-refractivity contribution in [2.24, 2.45) is 0 Å². The zero-order chi connectivity index (χ0) is 5.28. The highest BCUT2D eigenvalue weighted by Crippen LogP contribution is 2.56. The Morgan fingerprint density at radius 1 is 1.71 bits per heavy atom. The highest BCUT2D eigenvalue weighted by Gasteiger charge is 2.04. The zero-order valence-electron chi connectivity index (χ0n) is 4.18. The van der Waals surface area contributed by atoms with Gasteiger partial charge in [-0.3, -0.25) is 0 Å². The normalized spacial score (nSPS) is 19.4. The first kappa shape index (κ1) is 5.90. The van der Waals surface area contributed by atoms with Gasteiger partial charge in [0.05, 0.1) is 0 Å². The van der Waals surface area contributed by atoms with Crippen molar-refractivity contribution in [2.45, 2.75) is 13.3 Å². The van der Waals surface area contributed by atoms with Gasteiger partial charge in [0.1, 0.15) is 0 Å². The average molecular weight is 148 g/mol. The Balaban J connectivity index is 2.52. The van der Waals surface area contributed by atoms with E-state index in [0.717, 1.165) is 0 Å². The molecule has 0 fully saturated rings. The van der Waals surface area contributed by atoms with Crippen molar-refractivity contribution in [2.75, 3.05) is 0 Å². The molecule has 0 saturated heterocycles. The molecule has 0 nitrogen and oxygen atoms in total. The predicted molar refractivity (Wildman–Crippen MR) is 40.9 cm³/mol. The van der Waals surface area contributed by atoms with Gasteiger partial charge < -0.3 is 0 Å². The molecule has 7 heavy (non-hydrogen) atoms. The summed E-state index contributed by atoms with van der Waals surface area (Å²) in [4.78, 5) is 0. The molecule has 0 N–H and O–H groups in total. The quantitative estimate of drug-likeness (QED) is 0.500. The molecule has 3 heteroatoms. The first-order chi connectivity index (χ1) is 3.34. The molecule has 0 aromatic rings. The summed E-state index contributed by atoms with van der Waals surface area (Å²) in [6, 6.07) is 0. The molecule has 1 aliphatic rings. The maximum absolute atomic E-state index is 2.78. The third kappa shape index (κ3) is 1.61. The zero-order valence-corrected chi connectivity index (χ0v) is 7.12. The van der Waals surface area contributed by atoms with Gasteiger partial charge in [0.15, 0.2) is 0 Å². The first-order valence-electron chi connectivity index (χ1n) is 2.25. The van der Waals surface area contributed by atoms with E-state index in [-0.39, 0.29) is 0 Å². The van der Waals surface area contributed by atoms with Gasteiger partial charge >= 0.3 is 0 Å². The Morgan fingerprint density at radius 2 is 2.29 bits per heavy atom. The summed E-state index contributed by atoms with van der Waals surface area (Å²) in [5, 5.41) is 3.14. The van der Waals surface area contributed by atoms with E-state index in [1.165, 1.54) is 27.5 Å². The van der Waals surface area contributed by atoms with E-state index in [4.69, 9.17) is 0 Å². The Labute approximate surface area is 49.4 Å². The fourth-order valence-electron chi connectivity index (χ4n) is 0.312. The predicted octanol–water partition coefficient (Wildman–Crippen LogP) is 3.26. The van der Waals surface area contributed by atoms with Crippen LogP contribution in [0.25, 0.3) is 0 Å². The largest absolute Gasteiger partial charge is 0.109 e. The second-order valence-electron chi connectivity index (χ2n) is 1.40. The van der Waals surface area contributed by atoms with Crippen LogP contribution in [0.1, 0.15) is 13.3 Å². The van der Waals surface area contributed by atoms with Crippen LogP contribution in [0.5, 0.6) is 0 Å². The third-order valence-electron chi connectivity index (χ3n) is 0.868. The average Bonchev–Trinajstić information content (AvgIpc) is 2.44. The van der Waals surface area contributed by atoms with E-state index >= 15 is 0 Å². The molecular weight excluding hydrogens is 141 g/mol. The van der Waals surface area contributed by atoms with Gasteiger partial charge in [0, 0.05) is 5.06 Å². The van der Waals surface area contributed by atoms with E-state index < -0.39 is 0 Å². The maximum Gasteiger partial charge on any atom is 0.0413 e. The topological polar surface area (TPSA) is 0 Å². The Kier molecular flexibility index (Phi) is 1.99. The third-order valence-corrected chi connectivity index (χ3v) is 4.23. The molecule has 1 rings (SSSR count). The Hall–Kier alpha value is 0.770. The van der Waals surface area contributed by atoms with Crippen LogP contribution in [0.4, 0.5) is 0 Å². The number of hydrogen-bond donors (Lipinski definition) is 0. The highest BCUT2D eigenvalue weighted by molar-refractivity contribution is 8.08. The van der Waals surface area contributed by atoms with Gasteiger partial charge in [-0.25, -0.2) is 0 Å². The van der Waals surface area contributed by atoms with Crippen molar-refractivity contribution >= 4 is 25.0 Å². The summed E-state index contributed by atoms with van der Waals surface area (Å²) in [6.07, 6.45) is 1.21.